The Kier molecular flexibility index (Phi) is 1.96. The summed E-state index contributed by atoms with van der Waals surface area (Å²) in [4.78, 5) is 5.01. The van der Waals surface area contributed by atoms with Gasteiger partial charge >= 0.3 is 0 Å². The lowest BCUT2D eigenvalue weighted by Gasteiger charge is -2.48. The van der Waals surface area contributed by atoms with Gasteiger partial charge in [0.1, 0.15) is 0 Å². The monoisotopic (exact) mass is 237 g/mol. The molecular formula is C17H19N. The first kappa shape index (κ1) is 10.5. The highest BCUT2D eigenvalue weighted by atomic mass is 14.9. The zero-order chi connectivity index (χ0) is 12.3. The predicted octanol–water partition coefficient (Wildman–Crippen LogP) is 4.41. The molecule has 0 amide bonds. The van der Waals surface area contributed by atoms with Crippen LogP contribution in [0.1, 0.15) is 38.2 Å². The van der Waals surface area contributed by atoms with Crippen molar-refractivity contribution in [2.24, 2.45) is 16.8 Å². The molecule has 0 saturated heterocycles. The van der Waals surface area contributed by atoms with Crippen molar-refractivity contribution in [1.29, 1.82) is 0 Å². The molecule has 92 valence electrons. The molecule has 1 heterocycles. The molecule has 2 bridgehead atoms. The molecule has 3 atom stereocenters. The molecule has 2 saturated carbocycles. The van der Waals surface area contributed by atoms with E-state index in [1.165, 1.54) is 48.2 Å². The topological polar surface area (TPSA) is 12.4 Å². The number of hydrogen-bond acceptors (Lipinski definition) is 1. The average molecular weight is 237 g/mol. The van der Waals surface area contributed by atoms with Crippen LogP contribution in [0.25, 0.3) is 0 Å². The largest absolute Gasteiger partial charge is 0.256 e. The van der Waals surface area contributed by atoms with Crippen molar-refractivity contribution in [2.75, 3.05) is 0 Å². The van der Waals surface area contributed by atoms with Gasteiger partial charge in [0.25, 0.3) is 0 Å². The lowest BCUT2D eigenvalue weighted by atomic mass is 9.54. The van der Waals surface area contributed by atoms with Crippen LogP contribution in [0.15, 0.2) is 41.4 Å². The number of fused-ring (bicyclic) bond motifs is 1. The summed E-state index contributed by atoms with van der Waals surface area (Å²) in [6, 6.07) is 8.70. The minimum absolute atomic E-state index is 0.117. The molecule has 0 aromatic heterocycles. The van der Waals surface area contributed by atoms with Gasteiger partial charge in [-0.05, 0) is 43.2 Å². The van der Waals surface area contributed by atoms with Gasteiger partial charge in [0.05, 0.1) is 11.1 Å². The van der Waals surface area contributed by atoms with Gasteiger partial charge in [0.2, 0.25) is 0 Å². The molecule has 0 radical (unpaired) electrons. The van der Waals surface area contributed by atoms with E-state index in [-0.39, 0.29) is 5.41 Å². The minimum atomic E-state index is 0.117. The van der Waals surface area contributed by atoms with Gasteiger partial charge in [-0.2, -0.15) is 0 Å². The van der Waals surface area contributed by atoms with E-state index in [4.69, 9.17) is 4.99 Å². The van der Waals surface area contributed by atoms with E-state index in [2.05, 4.69) is 37.8 Å². The summed E-state index contributed by atoms with van der Waals surface area (Å²) >= 11 is 0. The molecule has 0 spiro atoms. The van der Waals surface area contributed by atoms with Crippen LogP contribution < -0.4 is 0 Å². The van der Waals surface area contributed by atoms with Crippen LogP contribution in [0.5, 0.6) is 0 Å². The first-order valence-electron chi connectivity index (χ1n) is 7.10. The number of allylic oxidation sites excluding steroid dienone is 1. The van der Waals surface area contributed by atoms with Crippen molar-refractivity contribution in [3.8, 4) is 0 Å². The molecular weight excluding hydrogens is 218 g/mol. The quantitative estimate of drug-likeness (QED) is 0.593. The molecule has 2 aliphatic carbocycles. The van der Waals surface area contributed by atoms with Gasteiger partial charge < -0.3 is 0 Å². The number of rotatable bonds is 0. The van der Waals surface area contributed by atoms with Crippen LogP contribution in [0.4, 0.5) is 5.69 Å². The minimum Gasteiger partial charge on any atom is -0.256 e. The van der Waals surface area contributed by atoms with E-state index in [9.17, 15) is 0 Å². The van der Waals surface area contributed by atoms with Crippen molar-refractivity contribution < 1.29 is 0 Å². The zero-order valence-electron chi connectivity index (χ0n) is 10.9. The van der Waals surface area contributed by atoms with Crippen LogP contribution >= 0.6 is 0 Å². The van der Waals surface area contributed by atoms with Gasteiger partial charge in [-0.1, -0.05) is 37.3 Å². The molecule has 1 aromatic rings. The first-order chi connectivity index (χ1) is 8.73. The van der Waals surface area contributed by atoms with Crippen molar-refractivity contribution in [3.63, 3.8) is 0 Å². The molecule has 1 nitrogen and oxygen atoms in total. The van der Waals surface area contributed by atoms with Crippen molar-refractivity contribution in [1.82, 2.24) is 0 Å². The molecule has 1 aliphatic heterocycles. The van der Waals surface area contributed by atoms with E-state index >= 15 is 0 Å². The molecule has 1 heteroatoms. The van der Waals surface area contributed by atoms with E-state index < -0.39 is 0 Å². The van der Waals surface area contributed by atoms with E-state index in [1.807, 2.05) is 0 Å². The van der Waals surface area contributed by atoms with E-state index in [0.29, 0.717) is 5.92 Å². The van der Waals surface area contributed by atoms with Gasteiger partial charge in [0, 0.05) is 11.6 Å². The highest BCUT2D eigenvalue weighted by Gasteiger charge is 2.53. The third-order valence-corrected chi connectivity index (χ3v) is 5.42. The van der Waals surface area contributed by atoms with Gasteiger partial charge in [-0.3, -0.25) is 4.99 Å². The summed E-state index contributed by atoms with van der Waals surface area (Å²) in [5.74, 6) is 1.48. The maximum absolute atomic E-state index is 5.01. The summed E-state index contributed by atoms with van der Waals surface area (Å²) in [5.41, 5.74) is 5.61. The summed E-state index contributed by atoms with van der Waals surface area (Å²) in [6.45, 7) is 6.81. The summed E-state index contributed by atoms with van der Waals surface area (Å²) in [7, 11) is 0. The van der Waals surface area contributed by atoms with Gasteiger partial charge in [0.15, 0.2) is 0 Å². The van der Waals surface area contributed by atoms with Crippen LogP contribution in [-0.2, 0) is 5.41 Å². The number of aliphatic imine (C=N–C) groups is 1. The van der Waals surface area contributed by atoms with Crippen LogP contribution in [0.2, 0.25) is 0 Å². The summed E-state index contributed by atoms with van der Waals surface area (Å²) < 4.78 is 0. The van der Waals surface area contributed by atoms with Crippen LogP contribution in [-0.4, -0.2) is 5.71 Å². The third kappa shape index (κ3) is 1.06. The summed E-state index contributed by atoms with van der Waals surface area (Å²) in [5, 5.41) is 0. The highest BCUT2D eigenvalue weighted by Crippen LogP contribution is 2.58. The summed E-state index contributed by atoms with van der Waals surface area (Å²) in [6.07, 6.45) is 4.98. The number of hydrogen-bond donors (Lipinski definition) is 0. The second-order valence-electron chi connectivity index (χ2n) is 6.18. The molecule has 3 aliphatic rings. The smallest absolute Gasteiger partial charge is 0.0674 e. The molecule has 4 rings (SSSR count). The first-order valence-corrected chi connectivity index (χ1v) is 7.10. The second kappa shape index (κ2) is 3.34. The molecule has 1 aromatic carbocycles. The van der Waals surface area contributed by atoms with E-state index in [0.717, 1.165) is 5.92 Å². The fourth-order valence-electron chi connectivity index (χ4n) is 4.38. The Morgan fingerprint density at radius 1 is 1.28 bits per heavy atom. The van der Waals surface area contributed by atoms with Crippen molar-refractivity contribution in [2.45, 2.75) is 38.0 Å². The lowest BCUT2D eigenvalue weighted by molar-refractivity contribution is 0.290. The maximum atomic E-state index is 5.01. The Morgan fingerprint density at radius 3 is 3.00 bits per heavy atom. The SMILES string of the molecule is C=C1CCC2C3=Nc4ccccc4C13CCC2C. The fraction of sp³-hybridized carbons (Fsp3) is 0.471. The molecule has 2 fully saturated rings. The molecule has 3 unspecified atom stereocenters. The Hall–Kier alpha value is -1.37. The zero-order valence-corrected chi connectivity index (χ0v) is 10.9. The second-order valence-corrected chi connectivity index (χ2v) is 6.18. The lowest BCUT2D eigenvalue weighted by Crippen LogP contribution is -2.48. The third-order valence-electron chi connectivity index (χ3n) is 5.42. The number of para-hydroxylation sites is 1. The Morgan fingerprint density at radius 2 is 2.11 bits per heavy atom. The maximum Gasteiger partial charge on any atom is 0.0674 e. The number of nitrogens with zero attached hydrogens (tertiary/aromatic N) is 1. The van der Waals surface area contributed by atoms with Crippen LogP contribution in [0, 0.1) is 11.8 Å². The van der Waals surface area contributed by atoms with E-state index in [1.54, 1.807) is 0 Å². The Balaban J connectivity index is 1.99. The molecule has 0 N–H and O–H groups in total. The predicted molar refractivity (Wildman–Crippen MR) is 75.5 cm³/mol. The average Bonchev–Trinajstić information content (AvgIpc) is 2.73. The fourth-order valence-corrected chi connectivity index (χ4v) is 4.38. The van der Waals surface area contributed by atoms with Gasteiger partial charge in [-0.25, -0.2) is 0 Å². The highest BCUT2D eigenvalue weighted by molar-refractivity contribution is 6.07. The normalized spacial score (nSPS) is 36.9. The molecule has 18 heavy (non-hydrogen) atoms. The Labute approximate surface area is 109 Å². The standard InChI is InChI=1S/C17H19N/c1-11-9-10-17-12(2)7-8-13(11)16(17)18-15-6-4-3-5-14(15)17/h3-6,11,13H,2,7-10H2,1H3. The Bertz CT molecular complexity index is 569. The number of benzene rings is 1. The van der Waals surface area contributed by atoms with Crippen molar-refractivity contribution in [3.05, 3.63) is 42.0 Å². The van der Waals surface area contributed by atoms with Crippen molar-refractivity contribution >= 4 is 11.4 Å². The van der Waals surface area contributed by atoms with Crippen LogP contribution in [0.3, 0.4) is 0 Å². The van der Waals surface area contributed by atoms with Gasteiger partial charge in [-0.15, -0.1) is 0 Å².